The Morgan fingerprint density at radius 1 is 1.39 bits per heavy atom. The summed E-state index contributed by atoms with van der Waals surface area (Å²) >= 11 is 6.49. The first-order valence-electron chi connectivity index (χ1n) is 5.50. The van der Waals surface area contributed by atoms with Gasteiger partial charge in [0.25, 0.3) is 5.91 Å². The number of hydrogen-bond donors (Lipinski definition) is 2. The minimum absolute atomic E-state index is 0.148. The zero-order chi connectivity index (χ0) is 13.3. The number of rotatable bonds is 3. The molecular formula is C13H14N2OS2. The second kappa shape index (κ2) is 4.66. The fourth-order valence-corrected chi connectivity index (χ4v) is 2.56. The first-order chi connectivity index (χ1) is 8.42. The van der Waals surface area contributed by atoms with Crippen LogP contribution in [0, 0.1) is 0 Å². The molecule has 1 amide bonds. The number of amides is 1. The van der Waals surface area contributed by atoms with Gasteiger partial charge in [0, 0.05) is 15.5 Å². The van der Waals surface area contributed by atoms with Gasteiger partial charge in [-0.05, 0) is 19.9 Å². The number of nitrogens with two attached hydrogens (primary N) is 1. The molecular weight excluding hydrogens is 264 g/mol. The molecule has 3 nitrogen and oxygen atoms in total. The van der Waals surface area contributed by atoms with E-state index in [9.17, 15) is 4.79 Å². The molecule has 0 fully saturated rings. The number of fused-ring (bicyclic) bond motifs is 1. The maximum atomic E-state index is 12.2. The lowest BCUT2D eigenvalue weighted by Gasteiger charge is -2.24. The second-order valence-corrected chi connectivity index (χ2v) is 5.94. The van der Waals surface area contributed by atoms with Crippen LogP contribution in [0.4, 0.5) is 0 Å². The number of carbonyl (C=O) groups is 1. The molecule has 0 aliphatic rings. The molecule has 0 bridgehead atoms. The Labute approximate surface area is 115 Å². The van der Waals surface area contributed by atoms with Crippen LogP contribution in [0.5, 0.6) is 0 Å². The summed E-state index contributed by atoms with van der Waals surface area (Å²) < 4.78 is 1.09. The van der Waals surface area contributed by atoms with E-state index in [0.29, 0.717) is 5.56 Å². The highest BCUT2D eigenvalue weighted by atomic mass is 32.1. The normalized spacial score (nSPS) is 11.4. The van der Waals surface area contributed by atoms with Gasteiger partial charge in [-0.2, -0.15) is 0 Å². The lowest BCUT2D eigenvalue weighted by Crippen LogP contribution is -2.52. The highest BCUT2D eigenvalue weighted by molar-refractivity contribution is 7.80. The van der Waals surface area contributed by atoms with Crippen LogP contribution in [0.25, 0.3) is 10.1 Å². The number of hydrogen-bond acceptors (Lipinski definition) is 3. The largest absolute Gasteiger partial charge is 0.391 e. The van der Waals surface area contributed by atoms with E-state index in [1.165, 1.54) is 0 Å². The molecule has 2 rings (SSSR count). The third kappa shape index (κ3) is 2.37. The number of thiocarbonyl (C=S) groups is 1. The quantitative estimate of drug-likeness (QED) is 0.849. The summed E-state index contributed by atoms with van der Waals surface area (Å²) in [4.78, 5) is 12.5. The highest BCUT2D eigenvalue weighted by Crippen LogP contribution is 2.25. The molecule has 18 heavy (non-hydrogen) atoms. The lowest BCUT2D eigenvalue weighted by molar-refractivity contribution is 0.0934. The van der Waals surface area contributed by atoms with Crippen LogP contribution in [-0.4, -0.2) is 16.4 Å². The molecule has 2 aromatic rings. The van der Waals surface area contributed by atoms with Crippen LogP contribution in [0.1, 0.15) is 24.2 Å². The SMILES string of the molecule is CC(C)(NC(=O)c1csc2ccccc12)C(N)=S. The van der Waals surface area contributed by atoms with E-state index < -0.39 is 5.54 Å². The summed E-state index contributed by atoms with van der Waals surface area (Å²) in [5.41, 5.74) is 5.59. The number of nitrogens with one attached hydrogen (secondary N) is 1. The van der Waals surface area contributed by atoms with E-state index in [2.05, 4.69) is 5.32 Å². The van der Waals surface area contributed by atoms with Crippen molar-refractivity contribution >= 4 is 44.5 Å². The van der Waals surface area contributed by atoms with Gasteiger partial charge in [0.1, 0.15) is 0 Å². The average molecular weight is 278 g/mol. The van der Waals surface area contributed by atoms with Gasteiger partial charge < -0.3 is 11.1 Å². The van der Waals surface area contributed by atoms with Crippen LogP contribution in [0.3, 0.4) is 0 Å². The molecule has 1 aromatic heterocycles. The Morgan fingerprint density at radius 2 is 2.06 bits per heavy atom. The van der Waals surface area contributed by atoms with Gasteiger partial charge in [-0.25, -0.2) is 0 Å². The molecule has 94 valence electrons. The first kappa shape index (κ1) is 13.0. The van der Waals surface area contributed by atoms with E-state index in [0.717, 1.165) is 10.1 Å². The van der Waals surface area contributed by atoms with Crippen molar-refractivity contribution < 1.29 is 4.79 Å². The Kier molecular flexibility index (Phi) is 3.36. The van der Waals surface area contributed by atoms with E-state index >= 15 is 0 Å². The van der Waals surface area contributed by atoms with Crippen LogP contribution >= 0.6 is 23.6 Å². The fourth-order valence-electron chi connectivity index (χ4n) is 1.57. The van der Waals surface area contributed by atoms with Gasteiger partial charge in [0.2, 0.25) is 0 Å². The molecule has 0 saturated carbocycles. The molecule has 0 atom stereocenters. The van der Waals surface area contributed by atoms with Crippen molar-refractivity contribution in [2.45, 2.75) is 19.4 Å². The molecule has 0 spiro atoms. The summed E-state index contributed by atoms with van der Waals surface area (Å²) in [5, 5.41) is 5.67. The third-order valence-electron chi connectivity index (χ3n) is 2.77. The third-order valence-corrected chi connectivity index (χ3v) is 4.24. The molecule has 0 aliphatic heterocycles. The molecule has 0 unspecified atom stereocenters. The number of thiophene rings is 1. The smallest absolute Gasteiger partial charge is 0.253 e. The highest BCUT2D eigenvalue weighted by Gasteiger charge is 2.25. The van der Waals surface area contributed by atoms with Gasteiger partial charge in [0.05, 0.1) is 16.1 Å². The van der Waals surface area contributed by atoms with Gasteiger partial charge >= 0.3 is 0 Å². The minimum atomic E-state index is -0.685. The predicted molar refractivity (Wildman–Crippen MR) is 80.2 cm³/mol. The summed E-state index contributed by atoms with van der Waals surface area (Å²) in [6, 6.07) is 7.81. The number of benzene rings is 1. The minimum Gasteiger partial charge on any atom is -0.391 e. The zero-order valence-electron chi connectivity index (χ0n) is 10.2. The van der Waals surface area contributed by atoms with Crippen LogP contribution in [0.15, 0.2) is 29.6 Å². The standard InChI is InChI=1S/C13H14N2OS2/c1-13(2,12(14)17)15-11(16)9-7-18-10-6-4-3-5-8(9)10/h3-7H,1-2H3,(H2,14,17)(H,15,16). The van der Waals surface area contributed by atoms with Crippen molar-refractivity contribution in [3.05, 3.63) is 35.2 Å². The summed E-state index contributed by atoms with van der Waals surface area (Å²) in [6.07, 6.45) is 0. The van der Waals surface area contributed by atoms with Crippen molar-refractivity contribution in [1.82, 2.24) is 5.32 Å². The van der Waals surface area contributed by atoms with E-state index in [4.69, 9.17) is 18.0 Å². The van der Waals surface area contributed by atoms with E-state index in [1.54, 1.807) is 25.2 Å². The monoisotopic (exact) mass is 278 g/mol. The molecule has 3 N–H and O–H groups in total. The summed E-state index contributed by atoms with van der Waals surface area (Å²) in [5.74, 6) is -0.148. The maximum Gasteiger partial charge on any atom is 0.253 e. The molecule has 0 saturated heterocycles. The maximum absolute atomic E-state index is 12.2. The van der Waals surface area contributed by atoms with Gasteiger partial charge in [0.15, 0.2) is 0 Å². The Balaban J connectivity index is 2.32. The van der Waals surface area contributed by atoms with Gasteiger partial charge in [-0.1, -0.05) is 30.4 Å². The molecule has 5 heteroatoms. The predicted octanol–water partition coefficient (Wildman–Crippen LogP) is 2.70. The zero-order valence-corrected chi connectivity index (χ0v) is 11.8. The number of carbonyl (C=O) groups excluding carboxylic acids is 1. The molecule has 1 heterocycles. The first-order valence-corrected chi connectivity index (χ1v) is 6.79. The Morgan fingerprint density at radius 3 is 2.72 bits per heavy atom. The molecule has 0 radical (unpaired) electrons. The van der Waals surface area contributed by atoms with Gasteiger partial charge in [-0.3, -0.25) is 4.79 Å². The topological polar surface area (TPSA) is 55.1 Å². The van der Waals surface area contributed by atoms with Crippen molar-refractivity contribution in [2.75, 3.05) is 0 Å². The van der Waals surface area contributed by atoms with Crippen molar-refractivity contribution in [3.63, 3.8) is 0 Å². The van der Waals surface area contributed by atoms with Crippen LogP contribution in [-0.2, 0) is 0 Å². The summed E-state index contributed by atoms with van der Waals surface area (Å²) in [7, 11) is 0. The van der Waals surface area contributed by atoms with Crippen molar-refractivity contribution in [1.29, 1.82) is 0 Å². The van der Waals surface area contributed by atoms with Crippen molar-refractivity contribution in [3.8, 4) is 0 Å². The van der Waals surface area contributed by atoms with Gasteiger partial charge in [-0.15, -0.1) is 11.3 Å². The van der Waals surface area contributed by atoms with Crippen LogP contribution < -0.4 is 11.1 Å². The lowest BCUT2D eigenvalue weighted by atomic mass is 10.0. The van der Waals surface area contributed by atoms with E-state index in [1.807, 2.05) is 29.6 Å². The van der Waals surface area contributed by atoms with Crippen LogP contribution in [0.2, 0.25) is 0 Å². The Hall–Kier alpha value is -1.46. The second-order valence-electron chi connectivity index (χ2n) is 4.59. The average Bonchev–Trinajstić information content (AvgIpc) is 2.71. The summed E-state index contributed by atoms with van der Waals surface area (Å²) in [6.45, 7) is 3.59. The molecule has 0 aliphatic carbocycles. The molecule has 1 aromatic carbocycles. The Bertz CT molecular complexity index is 616. The van der Waals surface area contributed by atoms with Crippen molar-refractivity contribution in [2.24, 2.45) is 5.73 Å². The fraction of sp³-hybridized carbons (Fsp3) is 0.231. The van der Waals surface area contributed by atoms with E-state index in [-0.39, 0.29) is 10.9 Å².